The van der Waals surface area contributed by atoms with Crippen LogP contribution in [0.2, 0.25) is 5.02 Å². The second-order valence-corrected chi connectivity index (χ2v) is 5.18. The second-order valence-electron chi connectivity index (χ2n) is 4.03. The number of ketones is 1. The molecule has 0 N–H and O–H groups in total. The molecule has 0 aliphatic carbocycles. The zero-order valence-corrected chi connectivity index (χ0v) is 11.6. The Hall–Kier alpha value is -1.70. The molecule has 1 aromatic heterocycles. The number of carbonyl (C=O) groups excluding carboxylic acids is 1. The lowest BCUT2D eigenvalue weighted by atomic mass is 9.91. The van der Waals surface area contributed by atoms with Crippen LogP contribution < -0.4 is 0 Å². The lowest BCUT2D eigenvalue weighted by Gasteiger charge is -2.11. The summed E-state index contributed by atoms with van der Waals surface area (Å²) in [6.45, 7) is 1.78. The van der Waals surface area contributed by atoms with Gasteiger partial charge in [0.05, 0.1) is 6.07 Å². The molecule has 1 heterocycles. The average molecular weight is 294 g/mol. The SMILES string of the molecule is Cc1cscc1C(=O)C(C#N)c1c(F)cccc1Cl. The first-order valence-electron chi connectivity index (χ1n) is 5.46. The van der Waals surface area contributed by atoms with E-state index in [2.05, 4.69) is 0 Å². The minimum Gasteiger partial charge on any atom is -0.292 e. The minimum absolute atomic E-state index is 0.0535. The van der Waals surface area contributed by atoms with Crippen molar-refractivity contribution in [3.8, 4) is 6.07 Å². The third kappa shape index (κ3) is 2.53. The molecule has 1 aromatic carbocycles. The Balaban J connectivity index is 2.50. The number of hydrogen-bond donors (Lipinski definition) is 0. The van der Waals surface area contributed by atoms with Gasteiger partial charge in [-0.2, -0.15) is 16.6 Å². The molecule has 0 radical (unpaired) electrons. The Kier molecular flexibility index (Phi) is 3.98. The van der Waals surface area contributed by atoms with Gasteiger partial charge in [-0.05, 0) is 30.0 Å². The van der Waals surface area contributed by atoms with E-state index in [0.717, 1.165) is 5.56 Å². The summed E-state index contributed by atoms with van der Waals surface area (Å²) in [5, 5.41) is 12.8. The molecule has 0 saturated heterocycles. The van der Waals surface area contributed by atoms with Crippen LogP contribution in [0.1, 0.15) is 27.4 Å². The summed E-state index contributed by atoms with van der Waals surface area (Å²) in [5.74, 6) is -2.28. The molecular formula is C14H9ClFNOS. The van der Waals surface area contributed by atoms with Crippen LogP contribution in [0.25, 0.3) is 0 Å². The van der Waals surface area contributed by atoms with E-state index in [1.54, 1.807) is 12.3 Å². The van der Waals surface area contributed by atoms with Crippen LogP contribution >= 0.6 is 22.9 Å². The topological polar surface area (TPSA) is 40.9 Å². The first-order chi connectivity index (χ1) is 9.06. The Bertz CT molecular complexity index is 654. The van der Waals surface area contributed by atoms with Gasteiger partial charge < -0.3 is 0 Å². The highest BCUT2D eigenvalue weighted by molar-refractivity contribution is 7.08. The summed E-state index contributed by atoms with van der Waals surface area (Å²) >= 11 is 7.28. The van der Waals surface area contributed by atoms with E-state index in [1.807, 2.05) is 11.4 Å². The normalized spacial score (nSPS) is 11.9. The van der Waals surface area contributed by atoms with Crippen LogP contribution in [0.4, 0.5) is 4.39 Å². The Morgan fingerprint density at radius 3 is 2.74 bits per heavy atom. The maximum absolute atomic E-state index is 13.8. The molecule has 0 bridgehead atoms. The van der Waals surface area contributed by atoms with Gasteiger partial charge in [0.15, 0.2) is 5.78 Å². The molecule has 5 heteroatoms. The zero-order chi connectivity index (χ0) is 14.0. The minimum atomic E-state index is -1.22. The summed E-state index contributed by atoms with van der Waals surface area (Å²) in [5.41, 5.74) is 1.17. The van der Waals surface area contributed by atoms with E-state index in [-0.39, 0.29) is 10.6 Å². The number of halogens is 2. The first-order valence-corrected chi connectivity index (χ1v) is 6.79. The number of carbonyl (C=O) groups is 1. The number of aryl methyl sites for hydroxylation is 1. The van der Waals surface area contributed by atoms with E-state index in [4.69, 9.17) is 11.6 Å². The number of Topliss-reactive ketones (excluding diaryl/α,β-unsaturated/α-hetero) is 1. The lowest BCUT2D eigenvalue weighted by Crippen LogP contribution is -2.13. The van der Waals surface area contributed by atoms with E-state index >= 15 is 0 Å². The third-order valence-electron chi connectivity index (χ3n) is 2.80. The standard InChI is InChI=1S/C14H9ClFNOS/c1-8-6-19-7-10(8)14(18)9(5-17)13-11(15)3-2-4-12(13)16/h2-4,6-7,9H,1H3. The van der Waals surface area contributed by atoms with Crippen LogP contribution in [0, 0.1) is 24.1 Å². The molecule has 2 aromatic rings. The van der Waals surface area contributed by atoms with Crippen molar-refractivity contribution in [2.45, 2.75) is 12.8 Å². The number of nitrogens with zero attached hydrogens (tertiary/aromatic N) is 1. The van der Waals surface area contributed by atoms with Gasteiger partial charge in [-0.25, -0.2) is 4.39 Å². The van der Waals surface area contributed by atoms with Crippen LogP contribution in [0.3, 0.4) is 0 Å². The molecule has 96 valence electrons. The van der Waals surface area contributed by atoms with Crippen molar-refractivity contribution in [2.24, 2.45) is 0 Å². The molecule has 0 fully saturated rings. The van der Waals surface area contributed by atoms with Crippen LogP contribution in [-0.2, 0) is 0 Å². The van der Waals surface area contributed by atoms with E-state index in [0.29, 0.717) is 5.56 Å². The Labute approximate surface area is 119 Å². The summed E-state index contributed by atoms with van der Waals surface area (Å²) in [4.78, 5) is 12.3. The van der Waals surface area contributed by atoms with Gasteiger partial charge in [-0.3, -0.25) is 4.79 Å². The molecule has 2 rings (SSSR count). The highest BCUT2D eigenvalue weighted by Gasteiger charge is 2.28. The maximum Gasteiger partial charge on any atom is 0.185 e. The second kappa shape index (κ2) is 5.52. The number of benzene rings is 1. The van der Waals surface area contributed by atoms with Crippen molar-refractivity contribution >= 4 is 28.7 Å². The van der Waals surface area contributed by atoms with Crippen molar-refractivity contribution in [1.82, 2.24) is 0 Å². The predicted octanol–water partition coefficient (Wildman–Crippen LogP) is 4.34. The fourth-order valence-electron chi connectivity index (χ4n) is 1.81. The van der Waals surface area contributed by atoms with Crippen molar-refractivity contribution < 1.29 is 9.18 Å². The monoisotopic (exact) mass is 293 g/mol. The average Bonchev–Trinajstić information content (AvgIpc) is 2.79. The highest BCUT2D eigenvalue weighted by Crippen LogP contribution is 2.31. The van der Waals surface area contributed by atoms with Crippen molar-refractivity contribution in [1.29, 1.82) is 5.26 Å². The largest absolute Gasteiger partial charge is 0.292 e. The summed E-state index contributed by atoms with van der Waals surface area (Å²) in [6, 6.07) is 5.95. The fraction of sp³-hybridized carbons (Fsp3) is 0.143. The molecule has 1 atom stereocenters. The van der Waals surface area contributed by atoms with Gasteiger partial charge in [-0.15, -0.1) is 0 Å². The molecule has 0 saturated carbocycles. The molecule has 19 heavy (non-hydrogen) atoms. The highest BCUT2D eigenvalue weighted by atomic mass is 35.5. The third-order valence-corrected chi connectivity index (χ3v) is 3.99. The predicted molar refractivity (Wildman–Crippen MR) is 73.2 cm³/mol. The Morgan fingerprint density at radius 2 is 2.21 bits per heavy atom. The lowest BCUT2D eigenvalue weighted by molar-refractivity contribution is 0.0977. The van der Waals surface area contributed by atoms with Gasteiger partial charge in [-0.1, -0.05) is 17.7 Å². The van der Waals surface area contributed by atoms with E-state index < -0.39 is 17.5 Å². The van der Waals surface area contributed by atoms with Gasteiger partial charge in [0.25, 0.3) is 0 Å². The van der Waals surface area contributed by atoms with Crippen LogP contribution in [0.5, 0.6) is 0 Å². The summed E-state index contributed by atoms with van der Waals surface area (Å²) in [7, 11) is 0. The number of rotatable bonds is 3. The quantitative estimate of drug-likeness (QED) is 0.790. The molecular weight excluding hydrogens is 285 g/mol. The van der Waals surface area contributed by atoms with Crippen molar-refractivity contribution in [3.05, 3.63) is 56.5 Å². The van der Waals surface area contributed by atoms with Crippen molar-refractivity contribution in [3.63, 3.8) is 0 Å². The number of nitriles is 1. The fourth-order valence-corrected chi connectivity index (χ4v) is 2.92. The summed E-state index contributed by atoms with van der Waals surface area (Å²) < 4.78 is 13.8. The van der Waals surface area contributed by atoms with E-state index in [1.165, 1.54) is 29.5 Å². The molecule has 2 nitrogen and oxygen atoms in total. The number of thiophene rings is 1. The van der Waals surface area contributed by atoms with Crippen molar-refractivity contribution in [2.75, 3.05) is 0 Å². The van der Waals surface area contributed by atoms with E-state index in [9.17, 15) is 14.4 Å². The van der Waals surface area contributed by atoms with Crippen LogP contribution in [-0.4, -0.2) is 5.78 Å². The molecule has 1 unspecified atom stereocenters. The maximum atomic E-state index is 13.8. The Morgan fingerprint density at radius 1 is 1.47 bits per heavy atom. The smallest absolute Gasteiger partial charge is 0.185 e. The van der Waals surface area contributed by atoms with Gasteiger partial charge in [0.1, 0.15) is 11.7 Å². The van der Waals surface area contributed by atoms with Gasteiger partial charge >= 0.3 is 0 Å². The van der Waals surface area contributed by atoms with Gasteiger partial charge in [0, 0.05) is 21.5 Å². The number of hydrogen-bond acceptors (Lipinski definition) is 3. The molecule has 0 aliphatic heterocycles. The first kappa shape index (κ1) is 13.7. The zero-order valence-electron chi connectivity index (χ0n) is 9.98. The summed E-state index contributed by atoms with van der Waals surface area (Å²) in [6.07, 6.45) is 0. The van der Waals surface area contributed by atoms with Gasteiger partial charge in [0.2, 0.25) is 0 Å². The van der Waals surface area contributed by atoms with Crippen LogP contribution in [0.15, 0.2) is 29.0 Å². The molecule has 0 amide bonds. The molecule has 0 aliphatic rings. The molecule has 0 spiro atoms.